The number of hydrogen-bond acceptors (Lipinski definition) is 2. The first kappa shape index (κ1) is 25.1. The smallest absolute Gasteiger partial charge is 0.358 e. The molecule has 0 N–H and O–H groups in total. The van der Waals surface area contributed by atoms with Gasteiger partial charge in [0.15, 0.2) is 0 Å². The molecule has 7 nitrogen and oxygen atoms in total. The molecule has 44 heavy (non-hydrogen) atoms. The van der Waals surface area contributed by atoms with E-state index in [-0.39, 0.29) is 21.1 Å². The van der Waals surface area contributed by atoms with Crippen molar-refractivity contribution in [2.45, 2.75) is 0 Å². The topological polar surface area (TPSA) is 49.4 Å². The number of aromatic nitrogens is 7. The van der Waals surface area contributed by atoms with E-state index >= 15 is 0 Å². The van der Waals surface area contributed by atoms with Crippen LogP contribution in [0.25, 0.3) is 72.5 Å². The van der Waals surface area contributed by atoms with Crippen LogP contribution in [0.2, 0.25) is 0 Å². The fourth-order valence-electron chi connectivity index (χ4n) is 6.57. The molecule has 0 radical (unpaired) electrons. The number of benzene rings is 5. The molecule has 0 aliphatic carbocycles. The van der Waals surface area contributed by atoms with Crippen molar-refractivity contribution in [1.82, 2.24) is 32.5 Å². The molecule has 0 saturated carbocycles. The van der Waals surface area contributed by atoms with Crippen LogP contribution in [0.3, 0.4) is 0 Å². The van der Waals surface area contributed by atoms with Crippen molar-refractivity contribution >= 4 is 55.4 Å². The summed E-state index contributed by atoms with van der Waals surface area (Å²) >= 11 is 0. The van der Waals surface area contributed by atoms with Crippen LogP contribution in [0.15, 0.2) is 128 Å². The molecule has 0 saturated heterocycles. The second-order valence-corrected chi connectivity index (χ2v) is 10.7. The molecule has 10 aromatic rings. The maximum atomic E-state index is 5.07. The Labute approximate surface area is 265 Å². The van der Waals surface area contributed by atoms with E-state index in [1.165, 1.54) is 5.39 Å². The van der Waals surface area contributed by atoms with Crippen molar-refractivity contribution in [2.24, 2.45) is 0 Å². The minimum Gasteiger partial charge on any atom is -0.358 e. The minimum absolute atomic E-state index is 0. The Bertz CT molecular complexity index is 2700. The normalized spacial score (nSPS) is 11.9. The average molecular weight is 747 g/mol. The molecule has 0 aliphatic heterocycles. The van der Waals surface area contributed by atoms with E-state index in [2.05, 4.69) is 132 Å². The Morgan fingerprint density at radius 2 is 1.27 bits per heavy atom. The van der Waals surface area contributed by atoms with Gasteiger partial charge in [-0.1, -0.05) is 65.0 Å². The molecular weight excluding hydrogens is 726 g/mol. The van der Waals surface area contributed by atoms with Crippen molar-refractivity contribution in [3.63, 3.8) is 0 Å². The molecule has 0 amide bonds. The minimum atomic E-state index is 0. The Morgan fingerprint density at radius 3 is 2.18 bits per heavy atom. The summed E-state index contributed by atoms with van der Waals surface area (Å²) in [6.07, 6.45) is 7.78. The molecular formula is C36H21N7Pt. The van der Waals surface area contributed by atoms with Gasteiger partial charge in [0.1, 0.15) is 0 Å². The summed E-state index contributed by atoms with van der Waals surface area (Å²) in [4.78, 5) is 9.61. The van der Waals surface area contributed by atoms with Crippen molar-refractivity contribution in [3.05, 3.63) is 140 Å². The summed E-state index contributed by atoms with van der Waals surface area (Å²) in [5.41, 5.74) is 9.12. The largest absolute Gasteiger partial charge is 2.00 e. The predicted octanol–water partition coefficient (Wildman–Crippen LogP) is 7.56. The van der Waals surface area contributed by atoms with Crippen LogP contribution in [0.1, 0.15) is 0 Å². The molecule has 0 bridgehead atoms. The standard InChI is InChI=1S/C36H21N7.Pt/c1-3-12-30-27(10-1)28-17-16-26(42-32-14-5-6-15-33(32)43-31-13-4-2-11-29(31)38-36(42)43)23-34(28)41(30)25-9-7-8-24(22-25)40-21-20-39-19-18-37-35(39)40;/h1-21H;/q-2;+2. The predicted molar refractivity (Wildman–Crippen MR) is 170 cm³/mol. The average Bonchev–Trinajstić information content (AvgIpc) is 3.86. The Kier molecular flexibility index (Phi) is 5.31. The van der Waals surface area contributed by atoms with E-state index in [1.807, 2.05) is 35.3 Å². The van der Waals surface area contributed by atoms with Gasteiger partial charge in [0.2, 0.25) is 11.6 Å². The molecule has 5 aromatic heterocycles. The molecule has 10 rings (SSSR count). The number of rotatable bonds is 3. The number of imidazole rings is 4. The van der Waals surface area contributed by atoms with E-state index < -0.39 is 0 Å². The first-order valence-electron chi connectivity index (χ1n) is 14.2. The molecule has 0 aliphatic rings. The van der Waals surface area contributed by atoms with Crippen LogP contribution in [-0.2, 0) is 21.1 Å². The Hall–Kier alpha value is -5.39. The maximum absolute atomic E-state index is 5.07. The van der Waals surface area contributed by atoms with E-state index in [0.29, 0.717) is 0 Å². The van der Waals surface area contributed by atoms with Gasteiger partial charge in [-0.25, -0.2) is 9.97 Å². The SMILES string of the molecule is [Pt+2].[c-]1c(-n2ccn3ccnc23)cccc1-n1c2[c-]c(-n3c4ccccc4n4c5ccccc5nc34)ccc2c2ccccc21. The number of para-hydroxylation sites is 5. The van der Waals surface area contributed by atoms with E-state index in [1.54, 1.807) is 0 Å². The molecule has 0 spiro atoms. The summed E-state index contributed by atoms with van der Waals surface area (Å²) in [7, 11) is 0. The third-order valence-corrected chi connectivity index (χ3v) is 8.42. The van der Waals surface area contributed by atoms with Gasteiger partial charge in [-0.2, -0.15) is 12.1 Å². The fraction of sp³-hybridized carbons (Fsp3) is 0. The zero-order valence-electron chi connectivity index (χ0n) is 23.1. The van der Waals surface area contributed by atoms with Gasteiger partial charge in [0.05, 0.1) is 22.1 Å². The Balaban J connectivity index is 0.00000270. The van der Waals surface area contributed by atoms with E-state index in [0.717, 1.165) is 67.1 Å². The van der Waals surface area contributed by atoms with Crippen molar-refractivity contribution < 1.29 is 21.1 Å². The summed E-state index contributed by atoms with van der Waals surface area (Å²) in [6, 6.07) is 43.4. The van der Waals surface area contributed by atoms with Crippen LogP contribution >= 0.6 is 0 Å². The molecule has 5 aromatic carbocycles. The number of nitrogens with zero attached hydrogens (tertiary/aromatic N) is 7. The molecule has 8 heteroatoms. The van der Waals surface area contributed by atoms with Gasteiger partial charge >= 0.3 is 21.1 Å². The van der Waals surface area contributed by atoms with Gasteiger partial charge in [-0.05, 0) is 35.7 Å². The first-order valence-corrected chi connectivity index (χ1v) is 14.2. The van der Waals surface area contributed by atoms with Gasteiger partial charge in [-0.3, -0.25) is 8.80 Å². The first-order chi connectivity index (χ1) is 21.3. The third-order valence-electron chi connectivity index (χ3n) is 8.42. The van der Waals surface area contributed by atoms with Crippen LogP contribution in [0.5, 0.6) is 0 Å². The van der Waals surface area contributed by atoms with Crippen molar-refractivity contribution in [1.29, 1.82) is 0 Å². The molecule has 0 fully saturated rings. The summed E-state index contributed by atoms with van der Waals surface area (Å²) in [5.74, 6) is 1.71. The zero-order chi connectivity index (χ0) is 28.1. The summed E-state index contributed by atoms with van der Waals surface area (Å²) < 4.78 is 10.8. The Morgan fingerprint density at radius 1 is 0.523 bits per heavy atom. The third kappa shape index (κ3) is 3.36. The molecule has 0 unspecified atom stereocenters. The van der Waals surface area contributed by atoms with Crippen LogP contribution in [0, 0.1) is 12.1 Å². The van der Waals surface area contributed by atoms with Crippen LogP contribution < -0.4 is 0 Å². The summed E-state index contributed by atoms with van der Waals surface area (Å²) in [6.45, 7) is 0. The number of fused-ring (bicyclic) bond motifs is 9. The maximum Gasteiger partial charge on any atom is 2.00 e. The second kappa shape index (κ2) is 9.30. The zero-order valence-corrected chi connectivity index (χ0v) is 25.3. The molecule has 5 heterocycles. The molecule has 0 atom stereocenters. The van der Waals surface area contributed by atoms with Crippen LogP contribution in [0.4, 0.5) is 0 Å². The summed E-state index contributed by atoms with van der Waals surface area (Å²) in [5, 5.41) is 2.31. The van der Waals surface area contributed by atoms with E-state index in [9.17, 15) is 0 Å². The number of hydrogen-bond donors (Lipinski definition) is 0. The van der Waals surface area contributed by atoms with E-state index in [4.69, 9.17) is 4.98 Å². The van der Waals surface area contributed by atoms with Gasteiger partial charge < -0.3 is 13.7 Å². The molecule has 210 valence electrons. The quantitative estimate of drug-likeness (QED) is 0.175. The van der Waals surface area contributed by atoms with Gasteiger partial charge in [-0.15, -0.1) is 35.7 Å². The van der Waals surface area contributed by atoms with Gasteiger partial charge in [0.25, 0.3) is 0 Å². The van der Waals surface area contributed by atoms with Gasteiger partial charge in [0, 0.05) is 30.3 Å². The fourth-order valence-corrected chi connectivity index (χ4v) is 6.57. The van der Waals surface area contributed by atoms with Crippen molar-refractivity contribution in [3.8, 4) is 17.1 Å². The second-order valence-electron chi connectivity index (χ2n) is 10.7. The monoisotopic (exact) mass is 746 g/mol. The van der Waals surface area contributed by atoms with Crippen molar-refractivity contribution in [2.75, 3.05) is 0 Å². The van der Waals surface area contributed by atoms with Crippen LogP contribution in [-0.4, -0.2) is 32.5 Å².